The molecule has 2 aromatic heterocycles. The number of aryl methyl sites for hydroxylation is 2. The topological polar surface area (TPSA) is 93.0 Å². The minimum absolute atomic E-state index is 0.0917. The van der Waals surface area contributed by atoms with Gasteiger partial charge in [-0.2, -0.15) is 0 Å². The molecule has 3 heterocycles. The molecule has 0 bridgehead atoms. The van der Waals surface area contributed by atoms with Crippen LogP contribution in [0.25, 0.3) is 0 Å². The van der Waals surface area contributed by atoms with Crippen molar-refractivity contribution in [3.8, 4) is 0 Å². The second-order valence-corrected chi connectivity index (χ2v) is 8.05. The summed E-state index contributed by atoms with van der Waals surface area (Å²) in [6.45, 7) is 4.43. The minimum atomic E-state index is -0.0917. The summed E-state index contributed by atoms with van der Waals surface area (Å²) in [7, 11) is 0. The first-order valence-electron chi connectivity index (χ1n) is 11.0. The van der Waals surface area contributed by atoms with Crippen molar-refractivity contribution >= 4 is 11.8 Å². The van der Waals surface area contributed by atoms with E-state index < -0.39 is 0 Å². The Morgan fingerprint density at radius 2 is 1.88 bits per heavy atom. The smallest absolute Gasteiger partial charge is 0.251 e. The van der Waals surface area contributed by atoms with Crippen molar-refractivity contribution in [2.24, 2.45) is 0 Å². The molecule has 8 heteroatoms. The standard InChI is InChI=1S/C24H28N6O2/c1-18-4-7-20(8-5-18)24(32)26-13-10-21-27-28-22-11-14-29(15-16-30(21)22)23(31)9-6-19-3-2-12-25-17-19/h2-5,7-8,12,17H,6,9-11,13-16H2,1H3,(H,26,32). The fourth-order valence-electron chi connectivity index (χ4n) is 3.87. The van der Waals surface area contributed by atoms with Gasteiger partial charge in [0.25, 0.3) is 5.91 Å². The maximum Gasteiger partial charge on any atom is 0.251 e. The van der Waals surface area contributed by atoms with Crippen molar-refractivity contribution in [3.05, 3.63) is 77.1 Å². The molecule has 0 saturated carbocycles. The molecule has 0 fully saturated rings. The monoisotopic (exact) mass is 432 g/mol. The maximum atomic E-state index is 12.7. The van der Waals surface area contributed by atoms with Crippen LogP contribution in [-0.2, 0) is 30.6 Å². The molecule has 0 aliphatic carbocycles. The normalized spacial score (nSPS) is 13.3. The summed E-state index contributed by atoms with van der Waals surface area (Å²) in [5.74, 6) is 1.80. The van der Waals surface area contributed by atoms with E-state index in [2.05, 4.69) is 25.1 Å². The number of nitrogens with one attached hydrogen (secondary N) is 1. The van der Waals surface area contributed by atoms with Gasteiger partial charge in [0.15, 0.2) is 0 Å². The molecule has 0 unspecified atom stereocenters. The van der Waals surface area contributed by atoms with E-state index in [0.717, 1.165) is 22.8 Å². The largest absolute Gasteiger partial charge is 0.352 e. The van der Waals surface area contributed by atoms with Crippen LogP contribution in [0.1, 0.15) is 39.6 Å². The summed E-state index contributed by atoms with van der Waals surface area (Å²) in [4.78, 5) is 31.0. The average molecular weight is 433 g/mol. The van der Waals surface area contributed by atoms with Crippen molar-refractivity contribution in [1.29, 1.82) is 0 Å². The molecule has 0 saturated heterocycles. The van der Waals surface area contributed by atoms with E-state index in [0.29, 0.717) is 57.4 Å². The number of rotatable bonds is 7. The Labute approximate surface area is 187 Å². The molecule has 1 N–H and O–H groups in total. The lowest BCUT2D eigenvalue weighted by Gasteiger charge is -2.20. The number of hydrogen-bond acceptors (Lipinski definition) is 5. The van der Waals surface area contributed by atoms with E-state index in [1.165, 1.54) is 0 Å². The van der Waals surface area contributed by atoms with Gasteiger partial charge in [0.1, 0.15) is 11.6 Å². The summed E-state index contributed by atoms with van der Waals surface area (Å²) < 4.78 is 2.09. The molecule has 32 heavy (non-hydrogen) atoms. The third-order valence-corrected chi connectivity index (χ3v) is 5.75. The summed E-state index contributed by atoms with van der Waals surface area (Å²) in [6.07, 6.45) is 5.99. The van der Waals surface area contributed by atoms with E-state index in [-0.39, 0.29) is 11.8 Å². The molecule has 0 atom stereocenters. The van der Waals surface area contributed by atoms with Gasteiger partial charge in [-0.15, -0.1) is 10.2 Å². The number of hydrogen-bond donors (Lipinski definition) is 1. The van der Waals surface area contributed by atoms with Gasteiger partial charge < -0.3 is 14.8 Å². The highest BCUT2D eigenvalue weighted by atomic mass is 16.2. The highest BCUT2D eigenvalue weighted by Crippen LogP contribution is 2.12. The molecule has 1 aromatic carbocycles. The molecule has 1 aliphatic heterocycles. The first-order chi connectivity index (χ1) is 15.6. The Morgan fingerprint density at radius 3 is 2.66 bits per heavy atom. The number of nitrogens with zero attached hydrogens (tertiary/aromatic N) is 5. The zero-order chi connectivity index (χ0) is 22.3. The minimum Gasteiger partial charge on any atom is -0.352 e. The molecule has 8 nitrogen and oxygen atoms in total. The number of benzene rings is 1. The lowest BCUT2D eigenvalue weighted by molar-refractivity contribution is -0.131. The van der Waals surface area contributed by atoms with Crippen molar-refractivity contribution in [2.45, 2.75) is 39.2 Å². The molecule has 0 spiro atoms. The second-order valence-electron chi connectivity index (χ2n) is 8.05. The zero-order valence-electron chi connectivity index (χ0n) is 18.3. The van der Waals surface area contributed by atoms with E-state index >= 15 is 0 Å². The maximum absolute atomic E-state index is 12.7. The number of amides is 2. The Morgan fingerprint density at radius 1 is 1.03 bits per heavy atom. The average Bonchev–Trinajstić information content (AvgIpc) is 3.07. The van der Waals surface area contributed by atoms with E-state index in [1.54, 1.807) is 12.4 Å². The number of aromatic nitrogens is 4. The van der Waals surface area contributed by atoms with Crippen molar-refractivity contribution in [1.82, 2.24) is 30.0 Å². The third kappa shape index (κ3) is 5.38. The molecular weight excluding hydrogens is 404 g/mol. The Kier molecular flexibility index (Phi) is 6.89. The van der Waals surface area contributed by atoms with Gasteiger partial charge in [-0.05, 0) is 37.1 Å². The Hall–Kier alpha value is -3.55. The molecule has 2 amide bonds. The van der Waals surface area contributed by atoms with Gasteiger partial charge in [-0.1, -0.05) is 23.8 Å². The third-order valence-electron chi connectivity index (χ3n) is 5.75. The molecule has 3 aromatic rings. The van der Waals surface area contributed by atoms with Crippen LogP contribution < -0.4 is 5.32 Å². The van der Waals surface area contributed by atoms with Gasteiger partial charge in [0.05, 0.1) is 0 Å². The fourth-order valence-corrected chi connectivity index (χ4v) is 3.87. The van der Waals surface area contributed by atoms with Crippen molar-refractivity contribution in [3.63, 3.8) is 0 Å². The summed E-state index contributed by atoms with van der Waals surface area (Å²) in [6, 6.07) is 11.4. The molecule has 1 aliphatic rings. The van der Waals surface area contributed by atoms with Gasteiger partial charge in [0.2, 0.25) is 5.91 Å². The zero-order valence-corrected chi connectivity index (χ0v) is 18.3. The van der Waals surface area contributed by atoms with E-state index in [1.807, 2.05) is 48.2 Å². The quantitative estimate of drug-likeness (QED) is 0.616. The van der Waals surface area contributed by atoms with Crippen LogP contribution in [0, 0.1) is 6.92 Å². The van der Waals surface area contributed by atoms with Crippen LogP contribution >= 0.6 is 0 Å². The first-order valence-corrected chi connectivity index (χ1v) is 11.0. The SMILES string of the molecule is Cc1ccc(C(=O)NCCc2nnc3n2CCN(C(=O)CCc2cccnc2)CC3)cc1. The van der Waals surface area contributed by atoms with Gasteiger partial charge >= 0.3 is 0 Å². The van der Waals surface area contributed by atoms with E-state index in [9.17, 15) is 9.59 Å². The number of carbonyl (C=O) groups excluding carboxylic acids is 2. The summed E-state index contributed by atoms with van der Waals surface area (Å²) in [5.41, 5.74) is 2.84. The second kappa shape index (κ2) is 10.2. The lowest BCUT2D eigenvalue weighted by Crippen LogP contribution is -2.34. The predicted molar refractivity (Wildman–Crippen MR) is 120 cm³/mol. The first kappa shape index (κ1) is 21.7. The molecule has 0 radical (unpaired) electrons. The highest BCUT2D eigenvalue weighted by Gasteiger charge is 2.21. The summed E-state index contributed by atoms with van der Waals surface area (Å²) in [5, 5.41) is 11.6. The number of pyridine rings is 1. The Balaban J connectivity index is 1.27. The van der Waals surface area contributed by atoms with Crippen LogP contribution in [-0.4, -0.2) is 56.1 Å². The molecule has 4 rings (SSSR count). The van der Waals surface area contributed by atoms with Crippen LogP contribution in [0.15, 0.2) is 48.8 Å². The molecular formula is C24H28N6O2. The van der Waals surface area contributed by atoms with Crippen molar-refractivity contribution < 1.29 is 9.59 Å². The van der Waals surface area contributed by atoms with Crippen LogP contribution in [0.4, 0.5) is 0 Å². The number of fused-ring (bicyclic) bond motifs is 1. The van der Waals surface area contributed by atoms with Crippen LogP contribution in [0.2, 0.25) is 0 Å². The van der Waals surface area contributed by atoms with Gasteiger partial charge in [-0.25, -0.2) is 0 Å². The predicted octanol–water partition coefficient (Wildman–Crippen LogP) is 1.97. The summed E-state index contributed by atoms with van der Waals surface area (Å²) >= 11 is 0. The van der Waals surface area contributed by atoms with Gasteiger partial charge in [0, 0.05) is 63.4 Å². The van der Waals surface area contributed by atoms with Crippen LogP contribution in [0.3, 0.4) is 0 Å². The van der Waals surface area contributed by atoms with E-state index in [4.69, 9.17) is 0 Å². The molecule has 166 valence electrons. The lowest BCUT2D eigenvalue weighted by atomic mass is 10.1. The fraction of sp³-hybridized carbons (Fsp3) is 0.375. The number of carbonyl (C=O) groups is 2. The van der Waals surface area contributed by atoms with Crippen molar-refractivity contribution in [2.75, 3.05) is 19.6 Å². The van der Waals surface area contributed by atoms with Crippen LogP contribution in [0.5, 0.6) is 0 Å². The highest BCUT2D eigenvalue weighted by molar-refractivity contribution is 5.94. The van der Waals surface area contributed by atoms with Gasteiger partial charge in [-0.3, -0.25) is 14.6 Å². The Bertz CT molecular complexity index is 1060.